The number of nitrogens with zero attached hydrogens (tertiary/aromatic N) is 3. The third-order valence-corrected chi connectivity index (χ3v) is 3.96. The Kier molecular flexibility index (Phi) is 3.40. The predicted molar refractivity (Wildman–Crippen MR) is 86.2 cm³/mol. The van der Waals surface area contributed by atoms with Crippen molar-refractivity contribution in [3.05, 3.63) is 54.0 Å². The SMILES string of the molecule is c1cc(-c2[nH]nc3ncccc23)ccc(=NC2CCNC2)c1. The van der Waals surface area contributed by atoms with E-state index in [1.165, 1.54) is 0 Å². The van der Waals surface area contributed by atoms with Crippen LogP contribution in [0.5, 0.6) is 0 Å². The fourth-order valence-corrected chi connectivity index (χ4v) is 2.82. The molecule has 0 saturated carbocycles. The highest BCUT2D eigenvalue weighted by atomic mass is 15.1. The molecule has 3 aromatic rings. The Balaban J connectivity index is 1.75. The minimum absolute atomic E-state index is 0.392. The molecule has 5 heteroatoms. The van der Waals surface area contributed by atoms with Crippen molar-refractivity contribution in [1.82, 2.24) is 20.5 Å². The number of nitrogens with one attached hydrogen (secondary N) is 2. The van der Waals surface area contributed by atoms with E-state index in [9.17, 15) is 0 Å². The van der Waals surface area contributed by atoms with Crippen LogP contribution in [-0.4, -0.2) is 34.3 Å². The summed E-state index contributed by atoms with van der Waals surface area (Å²) in [7, 11) is 0. The lowest BCUT2D eigenvalue weighted by Gasteiger charge is -1.97. The third kappa shape index (κ3) is 2.51. The molecule has 5 nitrogen and oxygen atoms in total. The zero-order valence-electron chi connectivity index (χ0n) is 12.2. The summed E-state index contributed by atoms with van der Waals surface area (Å²) in [6, 6.07) is 14.7. The summed E-state index contributed by atoms with van der Waals surface area (Å²) >= 11 is 0. The van der Waals surface area contributed by atoms with Crippen LogP contribution in [0, 0.1) is 0 Å². The van der Waals surface area contributed by atoms with Gasteiger partial charge in [0.15, 0.2) is 5.65 Å². The van der Waals surface area contributed by atoms with E-state index in [1.807, 2.05) is 18.2 Å². The van der Waals surface area contributed by atoms with Crippen LogP contribution in [0.2, 0.25) is 0 Å². The van der Waals surface area contributed by atoms with E-state index in [-0.39, 0.29) is 0 Å². The van der Waals surface area contributed by atoms with Gasteiger partial charge >= 0.3 is 0 Å². The highest BCUT2D eigenvalue weighted by Crippen LogP contribution is 2.23. The van der Waals surface area contributed by atoms with Crippen molar-refractivity contribution in [2.75, 3.05) is 13.1 Å². The molecule has 3 heterocycles. The molecule has 0 amide bonds. The molecule has 2 aromatic heterocycles. The lowest BCUT2D eigenvalue weighted by atomic mass is 10.1. The summed E-state index contributed by atoms with van der Waals surface area (Å²) in [5, 5.41) is 12.7. The van der Waals surface area contributed by atoms with Crippen molar-refractivity contribution in [3.8, 4) is 11.3 Å². The van der Waals surface area contributed by atoms with E-state index in [2.05, 4.69) is 44.8 Å². The molecule has 1 unspecified atom stereocenters. The van der Waals surface area contributed by atoms with Crippen LogP contribution in [0.3, 0.4) is 0 Å². The molecule has 4 rings (SSSR count). The number of hydrogen-bond acceptors (Lipinski definition) is 4. The monoisotopic (exact) mass is 291 g/mol. The molecule has 1 aromatic carbocycles. The topological polar surface area (TPSA) is 66.0 Å². The highest BCUT2D eigenvalue weighted by molar-refractivity contribution is 5.90. The van der Waals surface area contributed by atoms with Crippen molar-refractivity contribution >= 4 is 11.0 Å². The summed E-state index contributed by atoms with van der Waals surface area (Å²) in [4.78, 5) is 9.04. The molecule has 1 aliphatic heterocycles. The van der Waals surface area contributed by atoms with Gasteiger partial charge < -0.3 is 5.32 Å². The molecule has 1 saturated heterocycles. The molecule has 0 spiro atoms. The zero-order valence-corrected chi connectivity index (χ0v) is 12.2. The Morgan fingerprint density at radius 1 is 1.09 bits per heavy atom. The van der Waals surface area contributed by atoms with Gasteiger partial charge in [-0.05, 0) is 37.2 Å². The Bertz CT molecular complexity index is 862. The summed E-state index contributed by atoms with van der Waals surface area (Å²) in [5.74, 6) is 0. The van der Waals surface area contributed by atoms with Crippen LogP contribution in [0.15, 0.2) is 53.7 Å². The van der Waals surface area contributed by atoms with Gasteiger partial charge in [-0.2, -0.15) is 5.10 Å². The first-order valence-corrected chi connectivity index (χ1v) is 7.54. The van der Waals surface area contributed by atoms with Crippen molar-refractivity contribution in [3.63, 3.8) is 0 Å². The second-order valence-electron chi connectivity index (χ2n) is 5.49. The normalized spacial score (nSPS) is 18.9. The molecule has 0 aliphatic carbocycles. The molecule has 0 radical (unpaired) electrons. The second kappa shape index (κ2) is 5.69. The van der Waals surface area contributed by atoms with Gasteiger partial charge in [0.1, 0.15) is 0 Å². The Hall–Kier alpha value is -2.53. The Labute approximate surface area is 128 Å². The number of hydrogen-bond donors (Lipinski definition) is 2. The van der Waals surface area contributed by atoms with Gasteiger partial charge in [0.2, 0.25) is 0 Å². The van der Waals surface area contributed by atoms with Crippen LogP contribution in [0.4, 0.5) is 0 Å². The van der Waals surface area contributed by atoms with E-state index < -0.39 is 0 Å². The number of pyridine rings is 1. The lowest BCUT2D eigenvalue weighted by molar-refractivity contribution is 0.723. The minimum atomic E-state index is 0.392. The van der Waals surface area contributed by atoms with E-state index in [0.29, 0.717) is 6.04 Å². The van der Waals surface area contributed by atoms with E-state index in [4.69, 9.17) is 4.99 Å². The summed E-state index contributed by atoms with van der Waals surface area (Å²) in [5.41, 5.74) is 2.82. The quantitative estimate of drug-likeness (QED) is 0.757. The van der Waals surface area contributed by atoms with Crippen LogP contribution in [-0.2, 0) is 0 Å². The fourth-order valence-electron chi connectivity index (χ4n) is 2.82. The maximum atomic E-state index is 4.78. The summed E-state index contributed by atoms with van der Waals surface area (Å²) in [6.45, 7) is 2.04. The molecule has 110 valence electrons. The molecule has 2 N–H and O–H groups in total. The number of aromatic nitrogens is 3. The lowest BCUT2D eigenvalue weighted by Crippen LogP contribution is -2.14. The van der Waals surface area contributed by atoms with Crippen molar-refractivity contribution in [2.24, 2.45) is 4.99 Å². The maximum absolute atomic E-state index is 4.78. The molecule has 1 fully saturated rings. The average molecular weight is 291 g/mol. The van der Waals surface area contributed by atoms with Gasteiger partial charge in [0.25, 0.3) is 0 Å². The van der Waals surface area contributed by atoms with Crippen molar-refractivity contribution in [1.29, 1.82) is 0 Å². The summed E-state index contributed by atoms with van der Waals surface area (Å²) in [6.07, 6.45) is 2.87. The van der Waals surface area contributed by atoms with E-state index in [1.54, 1.807) is 6.20 Å². The van der Waals surface area contributed by atoms with Crippen LogP contribution in [0.25, 0.3) is 22.3 Å². The maximum Gasteiger partial charge on any atom is 0.181 e. The molecule has 1 aliphatic rings. The van der Waals surface area contributed by atoms with Gasteiger partial charge in [0.05, 0.1) is 17.1 Å². The Morgan fingerprint density at radius 3 is 3.00 bits per heavy atom. The highest BCUT2D eigenvalue weighted by Gasteiger charge is 2.11. The first-order valence-electron chi connectivity index (χ1n) is 7.54. The zero-order chi connectivity index (χ0) is 14.8. The number of rotatable bonds is 2. The predicted octanol–water partition coefficient (Wildman–Crippen LogP) is 1.89. The van der Waals surface area contributed by atoms with Crippen molar-refractivity contribution in [2.45, 2.75) is 12.5 Å². The first kappa shape index (κ1) is 13.2. The number of H-pyrrole nitrogens is 1. The molecule has 0 bridgehead atoms. The average Bonchev–Trinajstić information content (AvgIpc) is 3.14. The van der Waals surface area contributed by atoms with E-state index >= 15 is 0 Å². The molecule has 1 atom stereocenters. The second-order valence-corrected chi connectivity index (χ2v) is 5.49. The minimum Gasteiger partial charge on any atom is -0.315 e. The van der Waals surface area contributed by atoms with Crippen LogP contribution >= 0.6 is 0 Å². The Morgan fingerprint density at radius 2 is 2.09 bits per heavy atom. The molecular formula is C17H17N5. The largest absolute Gasteiger partial charge is 0.315 e. The van der Waals surface area contributed by atoms with Gasteiger partial charge in [-0.15, -0.1) is 0 Å². The smallest absolute Gasteiger partial charge is 0.181 e. The fraction of sp³-hybridized carbons (Fsp3) is 0.235. The van der Waals surface area contributed by atoms with E-state index in [0.717, 1.165) is 47.2 Å². The summed E-state index contributed by atoms with van der Waals surface area (Å²) < 4.78 is 0. The van der Waals surface area contributed by atoms with Gasteiger partial charge in [-0.3, -0.25) is 10.1 Å². The van der Waals surface area contributed by atoms with Crippen LogP contribution in [0.1, 0.15) is 6.42 Å². The number of aromatic amines is 1. The molecular weight excluding hydrogens is 274 g/mol. The number of fused-ring (bicyclic) bond motifs is 1. The standard InChI is InChI=1S/C17H17N5/c1-3-12(16-15-5-2-9-19-17(15)22-21-16)6-7-13(4-1)20-14-8-10-18-11-14/h1-7,9,14,18H,8,10-11H2,(H,19,21,22). The van der Waals surface area contributed by atoms with Gasteiger partial charge in [-0.25, -0.2) is 4.98 Å². The molecule has 22 heavy (non-hydrogen) atoms. The van der Waals surface area contributed by atoms with Crippen LogP contribution < -0.4 is 10.7 Å². The third-order valence-electron chi connectivity index (χ3n) is 3.96. The van der Waals surface area contributed by atoms with Gasteiger partial charge in [-0.1, -0.05) is 18.2 Å². The van der Waals surface area contributed by atoms with Gasteiger partial charge in [0, 0.05) is 23.7 Å². The first-order chi connectivity index (χ1) is 10.9. The van der Waals surface area contributed by atoms with Crippen molar-refractivity contribution < 1.29 is 0 Å².